The first-order valence-electron chi connectivity index (χ1n) is 16.0. The highest BCUT2D eigenvalue weighted by Gasteiger charge is 2.38. The maximum absolute atomic E-state index is 13.2. The molecule has 2 aliphatic rings. The molecule has 0 aromatic heterocycles. The highest BCUT2D eigenvalue weighted by Crippen LogP contribution is 2.32. The molecule has 0 unspecified atom stereocenters. The Hall–Kier alpha value is -4.79. The number of phenols is 1. The Kier molecular flexibility index (Phi) is 12.9. The van der Waals surface area contributed by atoms with E-state index in [1.807, 2.05) is 12.1 Å². The standard InChI is InChI=1S/C33H39N5O4.C2HF3O2/c34-28(22-23-10-12-24(39)13-11-23)33(42)36-15-5-17-38-20-18-37(19-21-38)16-4-14-35-29-9-3-8-27-30(29)32(41)26-7-2-1-6-25(26)31(27)40;3-2(4,5)1(6)7/h1-3,6-13,28,35,39H,4-5,14-22,34H2,(H,36,42);(H,6,7)/t28-;/m0./s1. The first-order chi connectivity index (χ1) is 23.3. The van der Waals surface area contributed by atoms with E-state index in [2.05, 4.69) is 20.4 Å². The van der Waals surface area contributed by atoms with Gasteiger partial charge in [0, 0.05) is 61.6 Å². The van der Waals surface area contributed by atoms with Gasteiger partial charge in [0.1, 0.15) is 5.75 Å². The van der Waals surface area contributed by atoms with Crippen molar-refractivity contribution in [2.45, 2.75) is 31.5 Å². The quantitative estimate of drug-likeness (QED) is 0.140. The largest absolute Gasteiger partial charge is 0.508 e. The number of amides is 1. The van der Waals surface area contributed by atoms with Gasteiger partial charge in [0.2, 0.25) is 5.91 Å². The van der Waals surface area contributed by atoms with Crippen molar-refractivity contribution < 1.29 is 42.6 Å². The number of nitrogens with one attached hydrogen (secondary N) is 2. The molecule has 0 spiro atoms. The van der Waals surface area contributed by atoms with Gasteiger partial charge >= 0.3 is 12.1 Å². The number of carboxylic acids is 1. The summed E-state index contributed by atoms with van der Waals surface area (Å²) in [7, 11) is 0. The summed E-state index contributed by atoms with van der Waals surface area (Å²) in [5.74, 6) is -2.92. The van der Waals surface area contributed by atoms with Crippen molar-refractivity contribution in [1.82, 2.24) is 15.1 Å². The van der Waals surface area contributed by atoms with Crippen molar-refractivity contribution in [3.63, 3.8) is 0 Å². The number of hydrogen-bond donors (Lipinski definition) is 5. The minimum atomic E-state index is -5.08. The van der Waals surface area contributed by atoms with Crippen LogP contribution in [-0.4, -0.2) is 108 Å². The van der Waals surface area contributed by atoms with E-state index in [1.165, 1.54) is 0 Å². The number of fused-ring (bicyclic) bond motifs is 2. The van der Waals surface area contributed by atoms with Crippen molar-refractivity contribution in [1.29, 1.82) is 0 Å². The Bertz CT molecular complexity index is 1620. The van der Waals surface area contributed by atoms with Gasteiger partial charge in [-0.15, -0.1) is 0 Å². The van der Waals surface area contributed by atoms with Gasteiger partial charge in [-0.2, -0.15) is 13.2 Å². The molecule has 0 saturated carbocycles. The van der Waals surface area contributed by atoms with E-state index in [9.17, 15) is 32.7 Å². The Morgan fingerprint density at radius 3 is 1.90 bits per heavy atom. The summed E-state index contributed by atoms with van der Waals surface area (Å²) in [4.78, 5) is 52.2. The van der Waals surface area contributed by atoms with Gasteiger partial charge in [-0.1, -0.05) is 48.5 Å². The lowest BCUT2D eigenvalue weighted by Crippen LogP contribution is -2.47. The summed E-state index contributed by atoms with van der Waals surface area (Å²) in [6.45, 7) is 7.17. The Morgan fingerprint density at radius 1 is 0.796 bits per heavy atom. The number of ketones is 2. The van der Waals surface area contributed by atoms with Crippen LogP contribution in [-0.2, 0) is 16.0 Å². The first-order valence-corrected chi connectivity index (χ1v) is 16.0. The number of rotatable bonds is 12. The van der Waals surface area contributed by atoms with Crippen LogP contribution >= 0.6 is 0 Å². The summed E-state index contributed by atoms with van der Waals surface area (Å²) in [5.41, 5.74) is 9.58. The van der Waals surface area contributed by atoms with Crippen molar-refractivity contribution in [3.05, 3.63) is 94.5 Å². The number of halogens is 3. The van der Waals surface area contributed by atoms with Crippen molar-refractivity contribution >= 4 is 29.1 Å². The van der Waals surface area contributed by atoms with E-state index in [4.69, 9.17) is 15.6 Å². The fourth-order valence-corrected chi connectivity index (χ4v) is 5.68. The van der Waals surface area contributed by atoms with E-state index in [0.29, 0.717) is 41.8 Å². The van der Waals surface area contributed by atoms with E-state index in [0.717, 1.165) is 63.4 Å². The molecule has 1 heterocycles. The summed E-state index contributed by atoms with van der Waals surface area (Å²) in [6.07, 6.45) is -2.85. The number of nitrogens with zero attached hydrogens (tertiary/aromatic N) is 2. The number of carbonyl (C=O) groups excluding carboxylic acids is 3. The van der Waals surface area contributed by atoms with Gasteiger partial charge in [0.05, 0.1) is 11.6 Å². The normalized spacial score (nSPS) is 15.3. The molecule has 14 heteroatoms. The van der Waals surface area contributed by atoms with Crippen molar-refractivity contribution in [3.8, 4) is 5.75 Å². The van der Waals surface area contributed by atoms with Crippen LogP contribution < -0.4 is 16.4 Å². The monoisotopic (exact) mass is 683 g/mol. The Balaban J connectivity index is 0.000000698. The summed E-state index contributed by atoms with van der Waals surface area (Å²) < 4.78 is 31.7. The van der Waals surface area contributed by atoms with Crippen molar-refractivity contribution in [2.75, 3.05) is 57.7 Å². The van der Waals surface area contributed by atoms with E-state index >= 15 is 0 Å². The maximum Gasteiger partial charge on any atom is 0.490 e. The SMILES string of the molecule is N[C@@H](Cc1ccc(O)cc1)C(=O)NCCCN1CCN(CCCNc2cccc3c2C(=O)c2ccccc2C3=O)CC1.O=C(O)C(F)(F)F. The predicted molar refractivity (Wildman–Crippen MR) is 177 cm³/mol. The smallest absolute Gasteiger partial charge is 0.490 e. The number of anilines is 1. The van der Waals surface area contributed by atoms with Crippen LogP contribution in [0, 0.1) is 0 Å². The zero-order chi connectivity index (χ0) is 35.6. The fraction of sp³-hybridized carbons (Fsp3) is 0.371. The second kappa shape index (κ2) is 17.0. The molecule has 262 valence electrons. The summed E-state index contributed by atoms with van der Waals surface area (Å²) in [6, 6.07) is 18.6. The average molecular weight is 684 g/mol. The lowest BCUT2D eigenvalue weighted by molar-refractivity contribution is -0.192. The number of benzene rings is 3. The van der Waals surface area contributed by atoms with Gasteiger partial charge in [-0.05, 0) is 56.1 Å². The maximum atomic E-state index is 13.2. The molecule has 11 nitrogen and oxygen atoms in total. The van der Waals surface area contributed by atoms with Gasteiger partial charge in [0.15, 0.2) is 11.6 Å². The molecule has 1 atom stereocenters. The predicted octanol–water partition coefficient (Wildman–Crippen LogP) is 3.30. The first kappa shape index (κ1) is 37.0. The molecule has 5 rings (SSSR count). The van der Waals surface area contributed by atoms with Gasteiger partial charge in [0.25, 0.3) is 0 Å². The number of aliphatic carboxylic acids is 1. The molecule has 0 bridgehead atoms. The topological polar surface area (TPSA) is 165 Å². The number of aromatic hydroxyl groups is 1. The number of carboxylic acid groups (broad SMARTS) is 1. The third-order valence-corrected chi connectivity index (χ3v) is 8.31. The summed E-state index contributed by atoms with van der Waals surface area (Å²) in [5, 5.41) is 22.9. The summed E-state index contributed by atoms with van der Waals surface area (Å²) >= 11 is 0. The van der Waals surface area contributed by atoms with Crippen LogP contribution in [0.4, 0.5) is 18.9 Å². The zero-order valence-electron chi connectivity index (χ0n) is 26.8. The molecular weight excluding hydrogens is 643 g/mol. The van der Waals surface area contributed by atoms with Crippen molar-refractivity contribution in [2.24, 2.45) is 5.73 Å². The van der Waals surface area contributed by atoms with Gasteiger partial charge in [-0.25, -0.2) is 4.79 Å². The molecular formula is C35H40F3N5O6. The lowest BCUT2D eigenvalue weighted by Gasteiger charge is -2.34. The number of piperazine rings is 1. The molecule has 1 amide bonds. The molecule has 1 aliphatic carbocycles. The molecule has 1 fully saturated rings. The molecule has 3 aromatic rings. The molecule has 1 aliphatic heterocycles. The molecule has 1 saturated heterocycles. The highest BCUT2D eigenvalue weighted by molar-refractivity contribution is 6.30. The fourth-order valence-electron chi connectivity index (χ4n) is 5.68. The van der Waals surface area contributed by atoms with Crippen LogP contribution in [0.1, 0.15) is 50.2 Å². The molecule has 0 radical (unpaired) electrons. The molecule has 3 aromatic carbocycles. The number of hydrogen-bond acceptors (Lipinski definition) is 9. The van der Waals surface area contributed by atoms with Gasteiger partial charge < -0.3 is 36.4 Å². The average Bonchev–Trinajstić information content (AvgIpc) is 3.08. The van der Waals surface area contributed by atoms with Gasteiger partial charge in [-0.3, -0.25) is 14.4 Å². The number of phenolic OH excluding ortho intramolecular Hbond substituents is 1. The Labute approximate surface area is 281 Å². The second-order valence-corrected chi connectivity index (χ2v) is 11.8. The Morgan fingerprint density at radius 2 is 1.33 bits per heavy atom. The third kappa shape index (κ3) is 10.3. The zero-order valence-corrected chi connectivity index (χ0v) is 26.8. The van der Waals surface area contributed by atoms with E-state index in [-0.39, 0.29) is 23.2 Å². The second-order valence-electron chi connectivity index (χ2n) is 11.8. The van der Waals surface area contributed by atoms with Crippen LogP contribution in [0.25, 0.3) is 0 Å². The third-order valence-electron chi connectivity index (χ3n) is 8.31. The van der Waals surface area contributed by atoms with Crippen LogP contribution in [0.3, 0.4) is 0 Å². The lowest BCUT2D eigenvalue weighted by atomic mass is 9.83. The number of nitrogens with two attached hydrogens (primary N) is 1. The number of carbonyl (C=O) groups is 4. The minimum Gasteiger partial charge on any atom is -0.508 e. The van der Waals surface area contributed by atoms with E-state index < -0.39 is 18.2 Å². The van der Waals surface area contributed by atoms with Crippen LogP contribution in [0.2, 0.25) is 0 Å². The van der Waals surface area contributed by atoms with Crippen LogP contribution in [0.15, 0.2) is 66.7 Å². The minimum absolute atomic E-state index is 0.0988. The molecule has 6 N–H and O–H groups in total. The molecule has 49 heavy (non-hydrogen) atoms. The van der Waals surface area contributed by atoms with E-state index in [1.54, 1.807) is 54.6 Å². The highest BCUT2D eigenvalue weighted by atomic mass is 19.4. The van der Waals surface area contributed by atoms with Crippen LogP contribution in [0.5, 0.6) is 5.75 Å². The number of alkyl halides is 3.